The molecule has 0 N–H and O–H groups in total. The second-order valence-corrected chi connectivity index (χ2v) is 8.23. The van der Waals surface area contributed by atoms with Gasteiger partial charge in [0, 0.05) is 17.5 Å². The van der Waals surface area contributed by atoms with Crippen molar-refractivity contribution in [3.63, 3.8) is 0 Å². The van der Waals surface area contributed by atoms with Gasteiger partial charge in [-0.1, -0.05) is 44.9 Å². The minimum absolute atomic E-state index is 0.00129. The van der Waals surface area contributed by atoms with Crippen LogP contribution in [-0.4, -0.2) is 0 Å². The van der Waals surface area contributed by atoms with Crippen molar-refractivity contribution >= 4 is 0 Å². The van der Waals surface area contributed by atoms with Gasteiger partial charge in [-0.25, -0.2) is 8.78 Å². The molecule has 1 heterocycles. The second-order valence-electron chi connectivity index (χ2n) is 8.23. The van der Waals surface area contributed by atoms with Gasteiger partial charge in [0.1, 0.15) is 5.82 Å². The summed E-state index contributed by atoms with van der Waals surface area (Å²) < 4.78 is 97.9. The first kappa shape index (κ1) is 24.0. The van der Waals surface area contributed by atoms with Crippen LogP contribution in [0.4, 0.5) is 26.3 Å². The van der Waals surface area contributed by atoms with Gasteiger partial charge in [-0.2, -0.15) is 17.6 Å². The second kappa shape index (κ2) is 9.24. The van der Waals surface area contributed by atoms with Gasteiger partial charge >= 0.3 is 6.11 Å². The van der Waals surface area contributed by atoms with Gasteiger partial charge in [0.25, 0.3) is 0 Å². The SMILES string of the molecule is CCCc1ccc(C(F)(F)Oc2cc3c(c(F)c2F)Oc2c(ccc(CCC)c2F)C3)c(F)c1. The summed E-state index contributed by atoms with van der Waals surface area (Å²) in [7, 11) is 0. The van der Waals surface area contributed by atoms with Gasteiger partial charge in [-0.3, -0.25) is 0 Å². The molecule has 0 fully saturated rings. The quantitative estimate of drug-likeness (QED) is 0.250. The minimum atomic E-state index is -4.27. The molecule has 0 amide bonds. The van der Waals surface area contributed by atoms with E-state index in [0.29, 0.717) is 42.4 Å². The molecule has 0 spiro atoms. The zero-order valence-electron chi connectivity index (χ0n) is 18.6. The molecular weight excluding hydrogens is 458 g/mol. The van der Waals surface area contributed by atoms with Gasteiger partial charge < -0.3 is 9.47 Å². The predicted octanol–water partition coefficient (Wildman–Crippen LogP) is 7.97. The molecule has 1 aliphatic rings. The van der Waals surface area contributed by atoms with Gasteiger partial charge in [0.2, 0.25) is 11.6 Å². The summed E-state index contributed by atoms with van der Waals surface area (Å²) in [5, 5.41) is 0. The van der Waals surface area contributed by atoms with Crippen LogP contribution in [0.1, 0.15) is 54.5 Å². The maximum Gasteiger partial charge on any atom is 0.429 e. The van der Waals surface area contributed by atoms with Crippen LogP contribution in [0.2, 0.25) is 0 Å². The van der Waals surface area contributed by atoms with Crippen molar-refractivity contribution in [2.24, 2.45) is 0 Å². The van der Waals surface area contributed by atoms with Crippen molar-refractivity contribution in [3.05, 3.63) is 87.5 Å². The van der Waals surface area contributed by atoms with E-state index in [1.807, 2.05) is 13.8 Å². The highest BCUT2D eigenvalue weighted by Crippen LogP contribution is 2.45. The molecule has 2 nitrogen and oxygen atoms in total. The molecule has 0 atom stereocenters. The summed E-state index contributed by atoms with van der Waals surface area (Å²) in [5.74, 6) is -7.13. The third-order valence-corrected chi connectivity index (χ3v) is 5.69. The number of ether oxygens (including phenoxy) is 2. The van der Waals surface area contributed by atoms with E-state index in [-0.39, 0.29) is 17.7 Å². The molecule has 0 aromatic heterocycles. The highest BCUT2D eigenvalue weighted by Gasteiger charge is 2.40. The number of alkyl halides is 2. The smallest absolute Gasteiger partial charge is 0.429 e. The van der Waals surface area contributed by atoms with Crippen LogP contribution in [0.25, 0.3) is 0 Å². The Bertz CT molecular complexity index is 1240. The highest BCUT2D eigenvalue weighted by atomic mass is 19.3. The Hall–Kier alpha value is -3.16. The van der Waals surface area contributed by atoms with Gasteiger partial charge in [-0.15, -0.1) is 0 Å². The number of aryl methyl sites for hydroxylation is 2. The first-order valence-electron chi connectivity index (χ1n) is 11.0. The van der Waals surface area contributed by atoms with Gasteiger partial charge in [-0.05, 0) is 42.2 Å². The molecule has 8 heteroatoms. The van der Waals surface area contributed by atoms with Crippen LogP contribution in [0.3, 0.4) is 0 Å². The number of halogens is 6. The molecule has 3 aromatic carbocycles. The third-order valence-electron chi connectivity index (χ3n) is 5.69. The lowest BCUT2D eigenvalue weighted by Gasteiger charge is -2.25. The van der Waals surface area contributed by atoms with E-state index in [0.717, 1.165) is 18.2 Å². The number of hydrogen-bond acceptors (Lipinski definition) is 2. The van der Waals surface area contributed by atoms with E-state index in [9.17, 15) is 26.3 Å². The molecule has 0 bridgehead atoms. The Morgan fingerprint density at radius 3 is 2.21 bits per heavy atom. The lowest BCUT2D eigenvalue weighted by atomic mass is 9.96. The zero-order valence-corrected chi connectivity index (χ0v) is 18.6. The number of rotatable bonds is 7. The molecule has 0 saturated heterocycles. The largest absolute Gasteiger partial charge is 0.450 e. The summed E-state index contributed by atoms with van der Waals surface area (Å²) in [6, 6.07) is 7.19. The normalized spacial score (nSPS) is 12.7. The first-order valence-corrected chi connectivity index (χ1v) is 11.0. The summed E-state index contributed by atoms with van der Waals surface area (Å²) in [5.41, 5.74) is 0.148. The van der Waals surface area contributed by atoms with E-state index in [2.05, 4.69) is 4.74 Å². The molecular formula is C26H22F6O2. The van der Waals surface area contributed by atoms with Gasteiger partial charge in [0.05, 0.1) is 5.56 Å². The molecule has 1 aliphatic heterocycles. The maximum atomic E-state index is 14.8. The molecule has 0 radical (unpaired) electrons. The van der Waals surface area contributed by atoms with Crippen molar-refractivity contribution in [3.8, 4) is 17.2 Å². The fourth-order valence-electron chi connectivity index (χ4n) is 4.04. The lowest BCUT2D eigenvalue weighted by Crippen LogP contribution is -2.24. The van der Waals surface area contributed by atoms with E-state index in [4.69, 9.17) is 4.74 Å². The average molecular weight is 480 g/mol. The summed E-state index contributed by atoms with van der Waals surface area (Å²) >= 11 is 0. The highest BCUT2D eigenvalue weighted by molar-refractivity contribution is 5.54. The van der Waals surface area contributed by atoms with Crippen LogP contribution >= 0.6 is 0 Å². The number of benzene rings is 3. The Labute approximate surface area is 193 Å². The van der Waals surface area contributed by atoms with Crippen LogP contribution in [0, 0.1) is 23.3 Å². The molecule has 0 unspecified atom stereocenters. The van der Waals surface area contributed by atoms with E-state index >= 15 is 0 Å². The summed E-state index contributed by atoms with van der Waals surface area (Å²) in [6.07, 6.45) is -2.06. The molecule has 3 aromatic rings. The minimum Gasteiger partial charge on any atom is -0.450 e. The molecule has 0 aliphatic carbocycles. The van der Waals surface area contributed by atoms with Gasteiger partial charge in [0.15, 0.2) is 23.1 Å². The molecule has 180 valence electrons. The fraction of sp³-hybridized carbons (Fsp3) is 0.308. The monoisotopic (exact) mass is 480 g/mol. The van der Waals surface area contributed by atoms with Crippen LogP contribution < -0.4 is 9.47 Å². The van der Waals surface area contributed by atoms with Crippen molar-refractivity contribution < 1.29 is 35.8 Å². The Morgan fingerprint density at radius 1 is 0.824 bits per heavy atom. The topological polar surface area (TPSA) is 18.5 Å². The number of hydrogen-bond donors (Lipinski definition) is 0. The van der Waals surface area contributed by atoms with Crippen LogP contribution in [0.5, 0.6) is 17.2 Å². The average Bonchev–Trinajstić information content (AvgIpc) is 2.78. The molecule has 34 heavy (non-hydrogen) atoms. The van der Waals surface area contributed by atoms with Crippen molar-refractivity contribution in [2.75, 3.05) is 0 Å². The molecule has 4 rings (SSSR count). The first-order chi connectivity index (χ1) is 16.2. The lowest BCUT2D eigenvalue weighted by molar-refractivity contribution is -0.189. The maximum absolute atomic E-state index is 14.8. The summed E-state index contributed by atoms with van der Waals surface area (Å²) in [4.78, 5) is 0. The van der Waals surface area contributed by atoms with Crippen molar-refractivity contribution in [2.45, 2.75) is 52.1 Å². The third kappa shape index (κ3) is 4.33. The standard InChI is InChI=1S/C26H22F6O2/c1-3-5-14-7-10-18(19(27)11-14)26(31,32)34-20-13-17-12-16-9-8-15(6-4-2)21(28)24(16)33-25(17)23(30)22(20)29/h7-11,13H,3-6,12H2,1-2H3. The fourth-order valence-corrected chi connectivity index (χ4v) is 4.04. The van der Waals surface area contributed by atoms with E-state index in [1.165, 1.54) is 6.07 Å². The Morgan fingerprint density at radius 2 is 1.53 bits per heavy atom. The van der Waals surface area contributed by atoms with Crippen molar-refractivity contribution in [1.29, 1.82) is 0 Å². The van der Waals surface area contributed by atoms with E-state index < -0.39 is 46.4 Å². The van der Waals surface area contributed by atoms with Crippen molar-refractivity contribution in [1.82, 2.24) is 0 Å². The van der Waals surface area contributed by atoms with E-state index in [1.54, 1.807) is 12.1 Å². The van der Waals surface area contributed by atoms with Crippen LogP contribution in [-0.2, 0) is 25.4 Å². The van der Waals surface area contributed by atoms with Crippen LogP contribution in [0.15, 0.2) is 36.4 Å². The Kier molecular flexibility index (Phi) is 6.51. The molecule has 0 saturated carbocycles. The zero-order chi connectivity index (χ0) is 24.6. The Balaban J connectivity index is 1.67. The predicted molar refractivity (Wildman–Crippen MR) is 115 cm³/mol. The number of fused-ring (bicyclic) bond motifs is 2. The summed E-state index contributed by atoms with van der Waals surface area (Å²) in [6.45, 7) is 3.73.